The van der Waals surface area contributed by atoms with Crippen LogP contribution < -0.4 is 10.6 Å². The second-order valence-corrected chi connectivity index (χ2v) is 14.1. The number of amides is 2. The van der Waals surface area contributed by atoms with Gasteiger partial charge in [0.25, 0.3) is 5.79 Å². The lowest BCUT2D eigenvalue weighted by Crippen LogP contribution is -2.70. The Kier molecular flexibility index (Phi) is 16.4. The fourth-order valence-electron chi connectivity index (χ4n) is 6.93. The molecule has 0 radical (unpaired) electrons. The topological polar surface area (TPSA) is 423 Å². The standard InChI is InChI=1S/C31H52N2O24/c1-8(37)32-15-10(39)3-31(30(49)50,57-25(15)17(41)11(40)4-34)51-7-14-20(44)24(55-29-22(46)21(45)18(42)12(5-35)53-29)16(33-9(2)38)28(54-14)56-26-19(43)13(6-36)52-27(48)23(26)47/h10-29,34-36,39-48H,3-7H2,1-2H3,(H,32,37)(H,33,38)(H,49,50)/t10-,11+,12+,13+,14+,15+,16+,17+,18-,19-,20+,21-,22+,23+,24-,25+,26-,27+,28-,29-,31+/m0/s1. The van der Waals surface area contributed by atoms with E-state index in [2.05, 4.69) is 10.6 Å². The summed E-state index contributed by atoms with van der Waals surface area (Å²) in [6, 6.07) is -3.35. The predicted molar refractivity (Wildman–Crippen MR) is 174 cm³/mol. The van der Waals surface area contributed by atoms with Crippen molar-refractivity contribution in [2.75, 3.05) is 26.4 Å². The zero-order valence-corrected chi connectivity index (χ0v) is 30.4. The number of carbonyl (C=O) groups excluding carboxylic acids is 2. The van der Waals surface area contributed by atoms with Gasteiger partial charge in [0, 0.05) is 20.3 Å². The molecular formula is C31H52N2O24. The Morgan fingerprint density at radius 1 is 0.702 bits per heavy atom. The fraction of sp³-hybridized carbons (Fsp3) is 0.903. The van der Waals surface area contributed by atoms with Gasteiger partial charge in [0.2, 0.25) is 11.8 Å². The number of aliphatic carboxylic acids is 1. The summed E-state index contributed by atoms with van der Waals surface area (Å²) in [7, 11) is 0. The third kappa shape index (κ3) is 10.3. The van der Waals surface area contributed by atoms with Crippen molar-refractivity contribution in [1.82, 2.24) is 10.6 Å². The molecule has 57 heavy (non-hydrogen) atoms. The van der Waals surface area contributed by atoms with Crippen LogP contribution >= 0.6 is 0 Å². The Morgan fingerprint density at radius 3 is 1.81 bits per heavy atom. The van der Waals surface area contributed by atoms with Gasteiger partial charge in [-0.3, -0.25) is 9.59 Å². The highest BCUT2D eigenvalue weighted by Gasteiger charge is 2.58. The first-order chi connectivity index (χ1) is 26.7. The number of carboxylic acid groups (broad SMARTS) is 1. The molecule has 4 saturated heterocycles. The molecule has 0 bridgehead atoms. The van der Waals surface area contributed by atoms with E-state index in [-0.39, 0.29) is 0 Å². The van der Waals surface area contributed by atoms with Crippen molar-refractivity contribution >= 4 is 17.8 Å². The van der Waals surface area contributed by atoms with Crippen LogP contribution in [0.5, 0.6) is 0 Å². The van der Waals surface area contributed by atoms with Crippen LogP contribution in [-0.4, -0.2) is 244 Å². The Morgan fingerprint density at radius 2 is 1.25 bits per heavy atom. The lowest BCUT2D eigenvalue weighted by molar-refractivity contribution is -0.370. The minimum absolute atomic E-state index is 0.774. The summed E-state index contributed by atoms with van der Waals surface area (Å²) >= 11 is 0. The van der Waals surface area contributed by atoms with Crippen molar-refractivity contribution in [3.05, 3.63) is 0 Å². The molecule has 0 aliphatic carbocycles. The molecule has 21 atom stereocenters. The molecule has 4 aliphatic heterocycles. The lowest BCUT2D eigenvalue weighted by Gasteiger charge is -2.50. The first-order valence-electron chi connectivity index (χ1n) is 17.7. The molecule has 0 aromatic heterocycles. The zero-order chi connectivity index (χ0) is 42.7. The Balaban J connectivity index is 1.73. The van der Waals surface area contributed by atoms with Gasteiger partial charge < -0.3 is 115 Å². The first kappa shape index (κ1) is 47.3. The Hall–Kier alpha value is -2.39. The van der Waals surface area contributed by atoms with E-state index in [9.17, 15) is 85.9 Å². The molecule has 4 fully saturated rings. The van der Waals surface area contributed by atoms with Crippen molar-refractivity contribution < 1.29 is 119 Å². The maximum Gasteiger partial charge on any atom is 0.364 e. The summed E-state index contributed by atoms with van der Waals surface area (Å²) in [4.78, 5) is 37.2. The van der Waals surface area contributed by atoms with E-state index in [1.54, 1.807) is 0 Å². The molecule has 26 nitrogen and oxygen atoms in total. The van der Waals surface area contributed by atoms with Gasteiger partial charge in [0.1, 0.15) is 91.5 Å². The van der Waals surface area contributed by atoms with Crippen molar-refractivity contribution in [1.29, 1.82) is 0 Å². The average Bonchev–Trinajstić information content (AvgIpc) is 3.16. The maximum atomic E-state index is 12.8. The minimum Gasteiger partial charge on any atom is -0.477 e. The molecular weight excluding hydrogens is 784 g/mol. The molecule has 0 aromatic rings. The van der Waals surface area contributed by atoms with Gasteiger partial charge in [0.15, 0.2) is 18.9 Å². The van der Waals surface area contributed by atoms with Crippen LogP contribution in [0.25, 0.3) is 0 Å². The fourth-order valence-corrected chi connectivity index (χ4v) is 6.93. The quantitative estimate of drug-likeness (QED) is 0.0728. The van der Waals surface area contributed by atoms with Crippen molar-refractivity contribution in [3.8, 4) is 0 Å². The van der Waals surface area contributed by atoms with Gasteiger partial charge >= 0.3 is 5.97 Å². The summed E-state index contributed by atoms with van der Waals surface area (Å²) in [5, 5.41) is 151. The van der Waals surface area contributed by atoms with E-state index in [0.29, 0.717) is 0 Å². The van der Waals surface area contributed by atoms with Gasteiger partial charge in [-0.25, -0.2) is 4.79 Å². The van der Waals surface area contributed by atoms with Crippen LogP contribution in [0, 0.1) is 0 Å². The molecule has 0 unspecified atom stereocenters. The van der Waals surface area contributed by atoms with Gasteiger partial charge in [0.05, 0.1) is 38.6 Å². The molecule has 4 rings (SSSR count). The number of hydrogen-bond acceptors (Lipinski definition) is 23. The summed E-state index contributed by atoms with van der Waals surface area (Å²) in [6.45, 7) is -2.00. The third-order valence-electron chi connectivity index (χ3n) is 9.98. The molecule has 0 spiro atoms. The summed E-state index contributed by atoms with van der Waals surface area (Å²) in [5.74, 6) is -6.58. The van der Waals surface area contributed by atoms with Crippen molar-refractivity contribution in [3.63, 3.8) is 0 Å². The van der Waals surface area contributed by atoms with Crippen LogP contribution in [0.4, 0.5) is 0 Å². The Bertz CT molecular complexity index is 1350. The summed E-state index contributed by atoms with van der Waals surface area (Å²) in [6.07, 6.45) is -36.0. The Labute approximate surface area is 322 Å². The van der Waals surface area contributed by atoms with E-state index in [4.69, 9.17) is 33.2 Å². The third-order valence-corrected chi connectivity index (χ3v) is 9.98. The van der Waals surface area contributed by atoms with Crippen LogP contribution in [-0.2, 0) is 47.5 Å². The molecule has 330 valence electrons. The molecule has 26 heteroatoms. The van der Waals surface area contributed by atoms with Crippen LogP contribution in [0.1, 0.15) is 20.3 Å². The number of carboxylic acids is 1. The predicted octanol–water partition coefficient (Wildman–Crippen LogP) is -10.3. The SMILES string of the molecule is CC(=O)N[C@H]1[C@H](O[C@@H]2[C@@H](O)[C@H](O)O[C@H](CO)[C@@H]2O)O[C@H](CO[C@]2(C(=O)O)C[C@H](O)[C@@H](NC(C)=O)[C@H]([C@H](O)[C@H](O)CO)O2)[C@@H](O)[C@H]1O[C@@H]1O[C@H](CO)[C@H](O)[C@H](O)[C@H]1O. The summed E-state index contributed by atoms with van der Waals surface area (Å²) in [5.41, 5.74) is 0. The first-order valence-corrected chi connectivity index (χ1v) is 17.7. The largest absolute Gasteiger partial charge is 0.477 e. The van der Waals surface area contributed by atoms with Crippen LogP contribution in [0.3, 0.4) is 0 Å². The molecule has 2 amide bonds. The van der Waals surface area contributed by atoms with Gasteiger partial charge in [-0.05, 0) is 0 Å². The zero-order valence-electron chi connectivity index (χ0n) is 30.4. The molecule has 16 N–H and O–H groups in total. The highest BCUT2D eigenvalue weighted by Crippen LogP contribution is 2.37. The number of rotatable bonds is 15. The van der Waals surface area contributed by atoms with Gasteiger partial charge in [-0.15, -0.1) is 0 Å². The van der Waals surface area contributed by atoms with Crippen LogP contribution in [0.2, 0.25) is 0 Å². The molecule has 4 aliphatic rings. The van der Waals surface area contributed by atoms with Crippen molar-refractivity contribution in [2.24, 2.45) is 0 Å². The van der Waals surface area contributed by atoms with E-state index in [0.717, 1.165) is 13.8 Å². The van der Waals surface area contributed by atoms with Crippen molar-refractivity contribution in [2.45, 2.75) is 149 Å². The van der Waals surface area contributed by atoms with E-state index >= 15 is 0 Å². The minimum atomic E-state index is -2.98. The van der Waals surface area contributed by atoms with E-state index in [1.165, 1.54) is 0 Å². The highest BCUT2D eigenvalue weighted by atomic mass is 16.8. The lowest BCUT2D eigenvalue weighted by atomic mass is 9.88. The number of carbonyl (C=O) groups is 3. The number of aliphatic hydroxyl groups is 13. The smallest absolute Gasteiger partial charge is 0.364 e. The van der Waals surface area contributed by atoms with Gasteiger partial charge in [-0.2, -0.15) is 0 Å². The average molecular weight is 837 g/mol. The number of ether oxygens (including phenoxy) is 7. The maximum absolute atomic E-state index is 12.8. The second kappa shape index (κ2) is 19.8. The molecule has 4 heterocycles. The molecule has 0 saturated carbocycles. The number of hydrogen-bond donors (Lipinski definition) is 16. The molecule has 0 aromatic carbocycles. The van der Waals surface area contributed by atoms with Crippen LogP contribution in [0.15, 0.2) is 0 Å². The number of aliphatic hydroxyl groups excluding tert-OH is 13. The second-order valence-electron chi connectivity index (χ2n) is 14.1. The number of nitrogens with one attached hydrogen (secondary N) is 2. The van der Waals surface area contributed by atoms with E-state index < -0.39 is 179 Å². The highest BCUT2D eigenvalue weighted by molar-refractivity contribution is 5.76. The normalized spacial score (nSPS) is 45.1. The van der Waals surface area contributed by atoms with Gasteiger partial charge in [-0.1, -0.05) is 0 Å². The monoisotopic (exact) mass is 836 g/mol. The van der Waals surface area contributed by atoms with E-state index in [1.807, 2.05) is 0 Å². The summed E-state index contributed by atoms with van der Waals surface area (Å²) < 4.78 is 39.1.